The molecule has 5 nitrogen and oxygen atoms in total. The minimum Gasteiger partial charge on any atom is -0.480 e. The number of benzene rings is 1. The molecule has 6 heteroatoms. The minimum absolute atomic E-state index is 0.138. The van der Waals surface area contributed by atoms with Crippen LogP contribution in [0.2, 0.25) is 0 Å². The van der Waals surface area contributed by atoms with E-state index in [4.69, 9.17) is 15.6 Å². The summed E-state index contributed by atoms with van der Waals surface area (Å²) in [4.78, 5) is 21.9. The number of carboxylic acid groups (broad SMARTS) is 1. The Morgan fingerprint density at radius 3 is 2.37 bits per heavy atom. The van der Waals surface area contributed by atoms with Crippen molar-refractivity contribution in [2.75, 3.05) is 6.67 Å². The maximum absolute atomic E-state index is 12.7. The molecule has 0 radical (unpaired) electrons. The highest BCUT2D eigenvalue weighted by atomic mass is 19.1. The number of esters is 1. The number of carbonyl (C=O) groups is 2. The molecule has 0 bridgehead atoms. The molecule has 0 aliphatic rings. The molecule has 0 aliphatic heterocycles. The van der Waals surface area contributed by atoms with Gasteiger partial charge in [0, 0.05) is 12.8 Å². The SMILES string of the molecule is CCC(=O)Oc1ccc(C[C@@](N)(CF)C(=O)O)cc1. The Balaban J connectivity index is 2.77. The van der Waals surface area contributed by atoms with E-state index in [1.807, 2.05) is 0 Å². The molecule has 1 aromatic carbocycles. The van der Waals surface area contributed by atoms with Gasteiger partial charge >= 0.3 is 11.9 Å². The fourth-order valence-electron chi connectivity index (χ4n) is 1.42. The summed E-state index contributed by atoms with van der Waals surface area (Å²) in [6.45, 7) is 0.516. The second-order valence-corrected chi connectivity index (χ2v) is 4.24. The smallest absolute Gasteiger partial charge is 0.326 e. The number of hydrogen-bond acceptors (Lipinski definition) is 4. The summed E-state index contributed by atoms with van der Waals surface area (Å²) < 4.78 is 17.7. The molecule has 0 saturated carbocycles. The average Bonchev–Trinajstić information content (AvgIpc) is 2.40. The number of aliphatic carboxylic acids is 1. The molecule has 0 saturated heterocycles. The molecular formula is C13H16FNO4. The van der Waals surface area contributed by atoms with Gasteiger partial charge in [0.1, 0.15) is 18.0 Å². The van der Waals surface area contributed by atoms with Gasteiger partial charge in [0.25, 0.3) is 0 Å². The molecule has 0 aliphatic carbocycles. The van der Waals surface area contributed by atoms with Crippen LogP contribution in [0.3, 0.4) is 0 Å². The van der Waals surface area contributed by atoms with Crippen LogP contribution in [-0.2, 0) is 16.0 Å². The summed E-state index contributed by atoms with van der Waals surface area (Å²) >= 11 is 0. The molecule has 1 rings (SSSR count). The van der Waals surface area contributed by atoms with E-state index < -0.39 is 18.2 Å². The molecule has 0 amide bonds. The Hall–Kier alpha value is -1.95. The predicted octanol–water partition coefficient (Wildman–Crippen LogP) is 1.30. The fourth-order valence-corrected chi connectivity index (χ4v) is 1.42. The Morgan fingerprint density at radius 2 is 1.95 bits per heavy atom. The van der Waals surface area contributed by atoms with Crippen molar-refractivity contribution in [1.82, 2.24) is 0 Å². The van der Waals surface area contributed by atoms with Crippen LogP contribution < -0.4 is 10.5 Å². The van der Waals surface area contributed by atoms with Crippen molar-refractivity contribution in [3.8, 4) is 5.75 Å². The van der Waals surface area contributed by atoms with E-state index >= 15 is 0 Å². The highest BCUT2D eigenvalue weighted by Crippen LogP contribution is 2.17. The summed E-state index contributed by atoms with van der Waals surface area (Å²) in [5, 5.41) is 8.86. The Bertz CT molecular complexity index is 460. The van der Waals surface area contributed by atoms with Crippen molar-refractivity contribution in [2.24, 2.45) is 5.73 Å². The number of alkyl halides is 1. The van der Waals surface area contributed by atoms with Crippen LogP contribution >= 0.6 is 0 Å². The second kappa shape index (κ2) is 6.29. The van der Waals surface area contributed by atoms with Gasteiger partial charge in [-0.25, -0.2) is 4.39 Å². The molecule has 0 aromatic heterocycles. The van der Waals surface area contributed by atoms with E-state index in [-0.39, 0.29) is 18.8 Å². The molecule has 1 aromatic rings. The normalized spacial score (nSPS) is 13.6. The van der Waals surface area contributed by atoms with Crippen LogP contribution in [0.1, 0.15) is 18.9 Å². The van der Waals surface area contributed by atoms with Gasteiger partial charge in [-0.2, -0.15) is 0 Å². The fraction of sp³-hybridized carbons (Fsp3) is 0.385. The van der Waals surface area contributed by atoms with Crippen LogP contribution in [0.15, 0.2) is 24.3 Å². The average molecular weight is 269 g/mol. The lowest BCUT2D eigenvalue weighted by atomic mass is 9.93. The summed E-state index contributed by atoms with van der Waals surface area (Å²) in [5.74, 6) is -1.40. The number of carboxylic acids is 1. The molecule has 1 atom stereocenters. The molecule has 0 heterocycles. The van der Waals surface area contributed by atoms with Crippen LogP contribution in [0.25, 0.3) is 0 Å². The first-order chi connectivity index (χ1) is 8.91. The molecule has 19 heavy (non-hydrogen) atoms. The third kappa shape index (κ3) is 4.03. The zero-order valence-electron chi connectivity index (χ0n) is 10.6. The van der Waals surface area contributed by atoms with Crippen molar-refractivity contribution in [3.63, 3.8) is 0 Å². The van der Waals surface area contributed by atoms with E-state index in [2.05, 4.69) is 0 Å². The van der Waals surface area contributed by atoms with Gasteiger partial charge in [-0.1, -0.05) is 19.1 Å². The number of ether oxygens (including phenoxy) is 1. The molecule has 0 spiro atoms. The van der Waals surface area contributed by atoms with Gasteiger partial charge in [0.05, 0.1) is 0 Å². The maximum atomic E-state index is 12.7. The summed E-state index contributed by atoms with van der Waals surface area (Å²) in [5.41, 5.74) is 4.08. The van der Waals surface area contributed by atoms with Crippen molar-refractivity contribution in [1.29, 1.82) is 0 Å². The van der Waals surface area contributed by atoms with E-state index in [1.165, 1.54) is 12.1 Å². The first-order valence-electron chi connectivity index (χ1n) is 5.79. The first kappa shape index (κ1) is 15.1. The zero-order valence-corrected chi connectivity index (χ0v) is 10.6. The zero-order chi connectivity index (χ0) is 14.5. The first-order valence-corrected chi connectivity index (χ1v) is 5.79. The van der Waals surface area contributed by atoms with Crippen LogP contribution in [0, 0.1) is 0 Å². The standard InChI is InChI=1S/C13H16FNO4/c1-2-11(16)19-10-5-3-9(4-6-10)7-13(15,8-14)12(17)18/h3-6H,2,7-8,15H2,1H3,(H,17,18)/t13-/m1/s1. The third-order valence-electron chi connectivity index (χ3n) is 2.63. The van der Waals surface area contributed by atoms with Crippen molar-refractivity contribution in [3.05, 3.63) is 29.8 Å². The van der Waals surface area contributed by atoms with Crippen molar-refractivity contribution >= 4 is 11.9 Å². The molecular weight excluding hydrogens is 253 g/mol. The Labute approximate surface area is 110 Å². The van der Waals surface area contributed by atoms with E-state index in [0.717, 1.165) is 0 Å². The summed E-state index contributed by atoms with van der Waals surface area (Å²) in [7, 11) is 0. The topological polar surface area (TPSA) is 89.6 Å². The summed E-state index contributed by atoms with van der Waals surface area (Å²) in [6.07, 6.45) is 0.120. The van der Waals surface area contributed by atoms with Crippen molar-refractivity contribution < 1.29 is 23.8 Å². The van der Waals surface area contributed by atoms with E-state index in [1.54, 1.807) is 19.1 Å². The number of halogens is 1. The van der Waals surface area contributed by atoms with Gasteiger partial charge in [-0.15, -0.1) is 0 Å². The second-order valence-electron chi connectivity index (χ2n) is 4.24. The highest BCUT2D eigenvalue weighted by Gasteiger charge is 2.34. The lowest BCUT2D eigenvalue weighted by molar-refractivity contribution is -0.144. The Morgan fingerprint density at radius 1 is 1.37 bits per heavy atom. The van der Waals surface area contributed by atoms with Gasteiger partial charge < -0.3 is 15.6 Å². The molecule has 0 unspecified atom stereocenters. The maximum Gasteiger partial charge on any atom is 0.326 e. The van der Waals surface area contributed by atoms with Crippen LogP contribution in [0.5, 0.6) is 5.75 Å². The molecule has 3 N–H and O–H groups in total. The lowest BCUT2D eigenvalue weighted by Gasteiger charge is -2.20. The van der Waals surface area contributed by atoms with Crippen molar-refractivity contribution in [2.45, 2.75) is 25.3 Å². The highest BCUT2D eigenvalue weighted by molar-refractivity contribution is 5.79. The van der Waals surface area contributed by atoms with Gasteiger partial charge in [0.15, 0.2) is 0 Å². The van der Waals surface area contributed by atoms with Gasteiger partial charge in [0.2, 0.25) is 0 Å². The molecule has 0 fully saturated rings. The molecule has 104 valence electrons. The van der Waals surface area contributed by atoms with E-state index in [0.29, 0.717) is 11.3 Å². The summed E-state index contributed by atoms with van der Waals surface area (Å²) in [6, 6.07) is 6.14. The number of carbonyl (C=O) groups excluding carboxylic acids is 1. The monoisotopic (exact) mass is 269 g/mol. The minimum atomic E-state index is -1.93. The predicted molar refractivity (Wildman–Crippen MR) is 66.6 cm³/mol. The quantitative estimate of drug-likeness (QED) is 0.600. The number of hydrogen-bond donors (Lipinski definition) is 2. The van der Waals surface area contributed by atoms with Crippen LogP contribution in [-0.4, -0.2) is 29.3 Å². The largest absolute Gasteiger partial charge is 0.480 e. The van der Waals surface area contributed by atoms with Gasteiger partial charge in [-0.3, -0.25) is 9.59 Å². The number of rotatable bonds is 6. The van der Waals surface area contributed by atoms with Crippen LogP contribution in [0.4, 0.5) is 4.39 Å². The Kier molecular flexibility index (Phi) is 5.00. The van der Waals surface area contributed by atoms with E-state index in [9.17, 15) is 14.0 Å². The number of nitrogens with two attached hydrogens (primary N) is 1. The van der Waals surface area contributed by atoms with Gasteiger partial charge in [-0.05, 0) is 17.7 Å². The lowest BCUT2D eigenvalue weighted by Crippen LogP contribution is -2.52. The third-order valence-corrected chi connectivity index (χ3v) is 2.63.